The predicted molar refractivity (Wildman–Crippen MR) is 98.6 cm³/mol. The molecule has 2 rings (SSSR count). The fourth-order valence-electron chi connectivity index (χ4n) is 2.48. The Labute approximate surface area is 148 Å². The number of hydrogen-bond donors (Lipinski definition) is 1. The molecule has 5 nitrogen and oxygen atoms in total. The molecule has 1 N–H and O–H groups in total. The van der Waals surface area contributed by atoms with E-state index in [4.69, 9.17) is 21.7 Å². The zero-order valence-corrected chi connectivity index (χ0v) is 15.4. The predicted octanol–water partition coefficient (Wildman–Crippen LogP) is 2.95. The minimum absolute atomic E-state index is 0.0872. The molecule has 130 valence electrons. The van der Waals surface area contributed by atoms with E-state index in [0.717, 1.165) is 16.9 Å². The van der Waals surface area contributed by atoms with Crippen LogP contribution in [0.25, 0.3) is 6.08 Å². The lowest BCUT2D eigenvalue weighted by Gasteiger charge is -2.16. The van der Waals surface area contributed by atoms with E-state index in [1.165, 1.54) is 0 Å². The molecular weight excluding hydrogens is 324 g/mol. The molecule has 0 saturated carbocycles. The molecule has 1 fully saturated rings. The van der Waals surface area contributed by atoms with Crippen molar-refractivity contribution in [1.82, 2.24) is 10.2 Å². The van der Waals surface area contributed by atoms with Crippen LogP contribution >= 0.6 is 12.2 Å². The van der Waals surface area contributed by atoms with Crippen molar-refractivity contribution in [1.29, 1.82) is 0 Å². The summed E-state index contributed by atoms with van der Waals surface area (Å²) in [7, 11) is 1.63. The third-order valence-electron chi connectivity index (χ3n) is 3.59. The van der Waals surface area contributed by atoms with E-state index in [1.807, 2.05) is 31.2 Å². The summed E-state index contributed by atoms with van der Waals surface area (Å²) < 4.78 is 10.8. The summed E-state index contributed by atoms with van der Waals surface area (Å²) in [4.78, 5) is 14.1. The van der Waals surface area contributed by atoms with Crippen molar-refractivity contribution >= 4 is 29.3 Å². The van der Waals surface area contributed by atoms with Gasteiger partial charge in [0.25, 0.3) is 5.91 Å². The molecule has 1 heterocycles. The summed E-state index contributed by atoms with van der Waals surface area (Å²) in [5, 5.41) is 3.47. The summed E-state index contributed by atoms with van der Waals surface area (Å²) >= 11 is 5.27. The monoisotopic (exact) mass is 348 g/mol. The van der Waals surface area contributed by atoms with E-state index in [0.29, 0.717) is 36.5 Å². The molecule has 1 aliphatic heterocycles. The summed E-state index contributed by atoms with van der Waals surface area (Å²) in [6, 6.07) is 5.75. The second kappa shape index (κ2) is 8.26. The lowest BCUT2D eigenvalue weighted by molar-refractivity contribution is -0.122. The summed E-state index contributed by atoms with van der Waals surface area (Å²) in [5.41, 5.74) is 2.34. The molecule has 24 heavy (non-hydrogen) atoms. The maximum atomic E-state index is 12.5. The van der Waals surface area contributed by atoms with Crippen LogP contribution in [0.2, 0.25) is 0 Å². The third-order valence-corrected chi connectivity index (χ3v) is 3.91. The molecule has 1 aromatic carbocycles. The Balaban J connectivity index is 2.24. The number of rotatable bonds is 7. The maximum absolute atomic E-state index is 12.5. The van der Waals surface area contributed by atoms with Crippen LogP contribution in [-0.4, -0.2) is 36.2 Å². The van der Waals surface area contributed by atoms with Crippen LogP contribution in [0.3, 0.4) is 0 Å². The van der Waals surface area contributed by atoms with Gasteiger partial charge in [0.2, 0.25) is 0 Å². The molecule has 0 atom stereocenters. The number of benzene rings is 1. The van der Waals surface area contributed by atoms with Crippen LogP contribution in [0.4, 0.5) is 0 Å². The zero-order chi connectivity index (χ0) is 17.7. The average Bonchev–Trinajstić information content (AvgIpc) is 2.80. The van der Waals surface area contributed by atoms with Crippen LogP contribution in [0, 0.1) is 5.92 Å². The van der Waals surface area contributed by atoms with E-state index in [9.17, 15) is 4.79 Å². The minimum atomic E-state index is -0.0872. The van der Waals surface area contributed by atoms with Crippen molar-refractivity contribution in [2.75, 3.05) is 20.3 Å². The van der Waals surface area contributed by atoms with Gasteiger partial charge in [0.1, 0.15) is 11.4 Å². The van der Waals surface area contributed by atoms with Crippen LogP contribution in [0.1, 0.15) is 31.9 Å². The van der Waals surface area contributed by atoms with Gasteiger partial charge in [-0.1, -0.05) is 19.9 Å². The van der Waals surface area contributed by atoms with Gasteiger partial charge in [-0.3, -0.25) is 9.69 Å². The molecule has 0 unspecified atom stereocenters. The van der Waals surface area contributed by atoms with Gasteiger partial charge in [-0.05, 0) is 48.8 Å². The third kappa shape index (κ3) is 4.33. The number of thiocarbonyl (C=S) groups is 1. The van der Waals surface area contributed by atoms with Gasteiger partial charge < -0.3 is 14.8 Å². The number of methoxy groups -OCH3 is 1. The second-order valence-corrected chi connectivity index (χ2v) is 6.39. The first-order valence-electron chi connectivity index (χ1n) is 8.05. The van der Waals surface area contributed by atoms with Crippen LogP contribution < -0.4 is 10.1 Å². The van der Waals surface area contributed by atoms with Gasteiger partial charge in [-0.25, -0.2) is 0 Å². The average molecular weight is 348 g/mol. The normalized spacial score (nSPS) is 16.2. The zero-order valence-electron chi connectivity index (χ0n) is 14.6. The number of nitrogens with zero attached hydrogens (tertiary/aromatic N) is 1. The molecule has 6 heteroatoms. The van der Waals surface area contributed by atoms with Gasteiger partial charge in [-0.15, -0.1) is 0 Å². The SMILES string of the molecule is CCOCc1cc(/C=C2/NC(=S)N(CC(C)C)C2=O)ccc1OC. The molecule has 0 aliphatic carbocycles. The topological polar surface area (TPSA) is 50.8 Å². The lowest BCUT2D eigenvalue weighted by atomic mass is 10.1. The summed E-state index contributed by atoms with van der Waals surface area (Å²) in [6.07, 6.45) is 1.81. The number of hydrogen-bond acceptors (Lipinski definition) is 4. The smallest absolute Gasteiger partial charge is 0.276 e. The van der Waals surface area contributed by atoms with Gasteiger partial charge >= 0.3 is 0 Å². The van der Waals surface area contributed by atoms with Crippen molar-refractivity contribution in [2.45, 2.75) is 27.4 Å². The highest BCUT2D eigenvalue weighted by molar-refractivity contribution is 7.80. The van der Waals surface area contributed by atoms with Crippen LogP contribution in [-0.2, 0) is 16.1 Å². The molecule has 0 radical (unpaired) electrons. The van der Waals surface area contributed by atoms with E-state index in [2.05, 4.69) is 19.2 Å². The van der Waals surface area contributed by atoms with Crippen LogP contribution in [0.15, 0.2) is 23.9 Å². The molecule has 1 saturated heterocycles. The Morgan fingerprint density at radius 1 is 1.38 bits per heavy atom. The van der Waals surface area contributed by atoms with Crippen molar-refractivity contribution < 1.29 is 14.3 Å². The van der Waals surface area contributed by atoms with Crippen LogP contribution in [0.5, 0.6) is 5.75 Å². The number of carbonyl (C=O) groups is 1. The van der Waals surface area contributed by atoms with E-state index >= 15 is 0 Å². The van der Waals surface area contributed by atoms with Gasteiger partial charge in [-0.2, -0.15) is 0 Å². The Bertz CT molecular complexity index is 656. The first-order chi connectivity index (χ1) is 11.5. The number of nitrogens with one attached hydrogen (secondary N) is 1. The summed E-state index contributed by atoms with van der Waals surface area (Å²) in [6.45, 7) is 7.77. The molecule has 1 amide bonds. The second-order valence-electron chi connectivity index (χ2n) is 6.01. The fourth-order valence-corrected chi connectivity index (χ4v) is 2.75. The lowest BCUT2D eigenvalue weighted by Crippen LogP contribution is -2.33. The Kier molecular flexibility index (Phi) is 6.34. The molecule has 0 aromatic heterocycles. The largest absolute Gasteiger partial charge is 0.496 e. The molecule has 0 spiro atoms. The van der Waals surface area contributed by atoms with E-state index in [1.54, 1.807) is 12.0 Å². The van der Waals surface area contributed by atoms with E-state index in [-0.39, 0.29) is 5.91 Å². The Morgan fingerprint density at radius 2 is 2.12 bits per heavy atom. The molecular formula is C18H24N2O3S. The minimum Gasteiger partial charge on any atom is -0.496 e. The highest BCUT2D eigenvalue weighted by atomic mass is 32.1. The molecule has 0 bridgehead atoms. The number of ether oxygens (including phenoxy) is 2. The first-order valence-corrected chi connectivity index (χ1v) is 8.46. The van der Waals surface area contributed by atoms with Crippen molar-refractivity contribution in [3.8, 4) is 5.75 Å². The Morgan fingerprint density at radius 3 is 2.75 bits per heavy atom. The van der Waals surface area contributed by atoms with Crippen molar-refractivity contribution in [3.63, 3.8) is 0 Å². The highest BCUT2D eigenvalue weighted by Gasteiger charge is 2.30. The van der Waals surface area contributed by atoms with E-state index < -0.39 is 0 Å². The highest BCUT2D eigenvalue weighted by Crippen LogP contribution is 2.23. The first kappa shape index (κ1) is 18.4. The summed E-state index contributed by atoms with van der Waals surface area (Å²) in [5.74, 6) is 1.04. The van der Waals surface area contributed by atoms with Crippen molar-refractivity contribution in [2.24, 2.45) is 5.92 Å². The Hall–Kier alpha value is -1.92. The maximum Gasteiger partial charge on any atom is 0.276 e. The van der Waals surface area contributed by atoms with Gasteiger partial charge in [0.05, 0.1) is 13.7 Å². The van der Waals surface area contributed by atoms with Gasteiger partial charge in [0.15, 0.2) is 5.11 Å². The number of carbonyl (C=O) groups excluding carboxylic acids is 1. The fraction of sp³-hybridized carbons (Fsp3) is 0.444. The quantitative estimate of drug-likeness (QED) is 0.606. The molecule has 1 aliphatic rings. The van der Waals surface area contributed by atoms with Gasteiger partial charge in [0, 0.05) is 18.7 Å². The number of amides is 1. The molecule has 1 aromatic rings. The van der Waals surface area contributed by atoms with Crippen molar-refractivity contribution in [3.05, 3.63) is 35.0 Å². The standard InChI is InChI=1S/C18H24N2O3S/c1-5-23-11-14-8-13(6-7-16(14)22-4)9-15-17(21)20(10-12(2)3)18(24)19-15/h6-9,12H,5,10-11H2,1-4H3,(H,19,24)/b15-9+.